The Kier molecular flexibility index (Phi) is 5.47. The van der Waals surface area contributed by atoms with E-state index in [2.05, 4.69) is 22.4 Å². The van der Waals surface area contributed by atoms with Crippen LogP contribution in [-0.4, -0.2) is 16.0 Å². The first kappa shape index (κ1) is 19.4. The summed E-state index contributed by atoms with van der Waals surface area (Å²) in [6.45, 7) is 4.41. The number of hydrogen-bond acceptors (Lipinski definition) is 5. The molecule has 0 aliphatic heterocycles. The minimum absolute atomic E-state index is 0.243. The molecule has 146 valence electrons. The zero-order chi connectivity index (χ0) is 20.4. The first-order valence-electron chi connectivity index (χ1n) is 9.02. The number of aromatic nitrogens is 2. The molecule has 2 aromatic heterocycles. The second kappa shape index (κ2) is 8.19. The van der Waals surface area contributed by atoms with Crippen LogP contribution in [0.4, 0.5) is 0 Å². The van der Waals surface area contributed by atoms with E-state index in [4.69, 9.17) is 16.1 Å². The smallest absolute Gasteiger partial charge is 0.273 e. The van der Waals surface area contributed by atoms with Gasteiger partial charge in [-0.1, -0.05) is 41.0 Å². The number of nitrogens with one attached hydrogen (secondary N) is 1. The predicted molar refractivity (Wildman–Crippen MR) is 115 cm³/mol. The highest BCUT2D eigenvalue weighted by Gasteiger charge is 2.15. The zero-order valence-corrected chi connectivity index (χ0v) is 17.5. The van der Waals surface area contributed by atoms with Gasteiger partial charge in [-0.05, 0) is 43.2 Å². The van der Waals surface area contributed by atoms with Crippen molar-refractivity contribution in [2.75, 3.05) is 0 Å². The average molecular weight is 424 g/mol. The Morgan fingerprint density at radius 2 is 1.83 bits per heavy atom. The van der Waals surface area contributed by atoms with E-state index in [9.17, 15) is 4.79 Å². The number of nitrogens with zero attached hydrogens (tertiary/aromatic N) is 2. The Morgan fingerprint density at radius 1 is 1.07 bits per heavy atom. The summed E-state index contributed by atoms with van der Waals surface area (Å²) in [6.07, 6.45) is 0. The first-order chi connectivity index (χ1) is 14.0. The Balaban J connectivity index is 1.41. The third-order valence-corrected chi connectivity index (χ3v) is 5.73. The van der Waals surface area contributed by atoms with E-state index in [1.54, 1.807) is 6.07 Å². The van der Waals surface area contributed by atoms with E-state index >= 15 is 0 Å². The van der Waals surface area contributed by atoms with Crippen molar-refractivity contribution in [3.05, 3.63) is 80.8 Å². The lowest BCUT2D eigenvalue weighted by Crippen LogP contribution is -2.22. The molecule has 1 amide bonds. The van der Waals surface area contributed by atoms with Gasteiger partial charge in [-0.15, -0.1) is 11.3 Å². The Labute approximate surface area is 177 Å². The molecule has 2 heterocycles. The molecular weight excluding hydrogens is 406 g/mol. The van der Waals surface area contributed by atoms with Crippen LogP contribution in [0, 0.1) is 13.8 Å². The van der Waals surface area contributed by atoms with Crippen molar-refractivity contribution in [2.24, 2.45) is 0 Å². The molecule has 0 aliphatic rings. The van der Waals surface area contributed by atoms with E-state index in [0.29, 0.717) is 17.3 Å². The first-order valence-corrected chi connectivity index (χ1v) is 10.3. The average Bonchev–Trinajstić information content (AvgIpc) is 3.39. The van der Waals surface area contributed by atoms with Crippen LogP contribution in [0.1, 0.15) is 26.6 Å². The summed E-state index contributed by atoms with van der Waals surface area (Å²) < 4.78 is 5.36. The molecule has 0 fully saturated rings. The van der Waals surface area contributed by atoms with Gasteiger partial charge in [-0.3, -0.25) is 4.79 Å². The highest BCUT2D eigenvalue weighted by molar-refractivity contribution is 7.09. The van der Waals surface area contributed by atoms with Crippen molar-refractivity contribution >= 4 is 28.8 Å². The number of rotatable bonds is 5. The van der Waals surface area contributed by atoms with E-state index in [1.807, 2.05) is 54.8 Å². The standard InChI is InChI=1S/C22H18ClN3O2S/c1-13-3-4-16(9-14(13)2)20-10-18(26-28-20)22(27)24-11-21-25-19(12-29-21)15-5-7-17(23)8-6-15/h3-10,12H,11H2,1-2H3,(H,24,27). The SMILES string of the molecule is Cc1ccc(-c2cc(C(=O)NCc3nc(-c4ccc(Cl)cc4)cs3)no2)cc1C. The van der Waals surface area contributed by atoms with E-state index < -0.39 is 0 Å². The Bertz CT molecular complexity index is 1170. The van der Waals surface area contributed by atoms with Crippen molar-refractivity contribution in [3.8, 4) is 22.6 Å². The lowest BCUT2D eigenvalue weighted by molar-refractivity contribution is 0.0942. The molecule has 0 saturated heterocycles. The van der Waals surface area contributed by atoms with Crippen molar-refractivity contribution < 1.29 is 9.32 Å². The quantitative estimate of drug-likeness (QED) is 0.449. The van der Waals surface area contributed by atoms with Crippen LogP contribution in [0.3, 0.4) is 0 Å². The van der Waals surface area contributed by atoms with Gasteiger partial charge in [0, 0.05) is 27.6 Å². The van der Waals surface area contributed by atoms with E-state index in [1.165, 1.54) is 16.9 Å². The Morgan fingerprint density at radius 3 is 2.59 bits per heavy atom. The minimum Gasteiger partial charge on any atom is -0.355 e. The molecule has 0 radical (unpaired) electrons. The van der Waals surface area contributed by atoms with E-state index in [0.717, 1.165) is 27.4 Å². The number of benzene rings is 2. The molecular formula is C22H18ClN3O2S. The van der Waals surface area contributed by atoms with Crippen molar-refractivity contribution in [3.63, 3.8) is 0 Å². The topological polar surface area (TPSA) is 68.0 Å². The fourth-order valence-corrected chi connectivity index (χ4v) is 3.67. The molecule has 7 heteroatoms. The fourth-order valence-electron chi connectivity index (χ4n) is 2.80. The zero-order valence-electron chi connectivity index (χ0n) is 15.9. The van der Waals surface area contributed by atoms with Crippen molar-refractivity contribution in [2.45, 2.75) is 20.4 Å². The molecule has 0 unspecified atom stereocenters. The molecule has 5 nitrogen and oxygen atoms in total. The molecule has 4 aromatic rings. The Hall–Kier alpha value is -2.96. The summed E-state index contributed by atoms with van der Waals surface area (Å²) in [5.74, 6) is 0.268. The highest BCUT2D eigenvalue weighted by atomic mass is 35.5. The third-order valence-electron chi connectivity index (χ3n) is 4.63. The van der Waals surface area contributed by atoms with Crippen molar-refractivity contribution in [1.82, 2.24) is 15.5 Å². The predicted octanol–water partition coefficient (Wildman–Crippen LogP) is 5.67. The molecule has 4 rings (SSSR count). The number of amides is 1. The van der Waals surface area contributed by atoms with Gasteiger partial charge >= 0.3 is 0 Å². The largest absolute Gasteiger partial charge is 0.355 e. The summed E-state index contributed by atoms with van der Waals surface area (Å²) in [4.78, 5) is 17.0. The van der Waals surface area contributed by atoms with Gasteiger partial charge in [0.1, 0.15) is 5.01 Å². The second-order valence-electron chi connectivity index (χ2n) is 6.69. The molecule has 29 heavy (non-hydrogen) atoms. The lowest BCUT2D eigenvalue weighted by atomic mass is 10.0. The molecule has 0 spiro atoms. The van der Waals surface area contributed by atoms with Gasteiger partial charge in [0.25, 0.3) is 5.91 Å². The van der Waals surface area contributed by atoms with Crippen LogP contribution in [0.5, 0.6) is 0 Å². The van der Waals surface area contributed by atoms with E-state index in [-0.39, 0.29) is 11.6 Å². The maximum atomic E-state index is 12.4. The van der Waals surface area contributed by atoms with Gasteiger partial charge < -0.3 is 9.84 Å². The minimum atomic E-state index is -0.299. The molecule has 0 saturated carbocycles. The van der Waals surface area contributed by atoms with Crippen LogP contribution in [0.25, 0.3) is 22.6 Å². The monoisotopic (exact) mass is 423 g/mol. The van der Waals surface area contributed by atoms with Gasteiger partial charge in [-0.2, -0.15) is 0 Å². The molecule has 1 N–H and O–H groups in total. The molecule has 0 aliphatic carbocycles. The van der Waals surface area contributed by atoms with Crippen LogP contribution in [0.2, 0.25) is 5.02 Å². The summed E-state index contributed by atoms with van der Waals surface area (Å²) in [5.41, 5.74) is 5.34. The highest BCUT2D eigenvalue weighted by Crippen LogP contribution is 2.24. The fraction of sp³-hybridized carbons (Fsp3) is 0.136. The number of carbonyl (C=O) groups is 1. The molecule has 2 aromatic carbocycles. The summed E-state index contributed by atoms with van der Waals surface area (Å²) in [5, 5.41) is 10.2. The number of hydrogen-bond donors (Lipinski definition) is 1. The third kappa shape index (κ3) is 4.39. The van der Waals surface area contributed by atoms with Gasteiger partial charge in [-0.25, -0.2) is 4.98 Å². The number of aryl methyl sites for hydroxylation is 2. The second-order valence-corrected chi connectivity index (χ2v) is 8.07. The van der Waals surface area contributed by atoms with Crippen LogP contribution in [0.15, 0.2) is 58.4 Å². The van der Waals surface area contributed by atoms with Crippen LogP contribution < -0.4 is 5.32 Å². The normalized spacial score (nSPS) is 10.9. The lowest BCUT2D eigenvalue weighted by Gasteiger charge is -2.01. The van der Waals surface area contributed by atoms with Crippen LogP contribution >= 0.6 is 22.9 Å². The number of halogens is 1. The molecule has 0 atom stereocenters. The van der Waals surface area contributed by atoms with Crippen LogP contribution in [-0.2, 0) is 6.54 Å². The van der Waals surface area contributed by atoms with Gasteiger partial charge in [0.05, 0.1) is 12.2 Å². The van der Waals surface area contributed by atoms with Gasteiger partial charge in [0.2, 0.25) is 0 Å². The summed E-state index contributed by atoms with van der Waals surface area (Å²) in [7, 11) is 0. The van der Waals surface area contributed by atoms with Crippen molar-refractivity contribution in [1.29, 1.82) is 0 Å². The summed E-state index contributed by atoms with van der Waals surface area (Å²) in [6, 6.07) is 15.1. The van der Waals surface area contributed by atoms with Gasteiger partial charge in [0.15, 0.2) is 11.5 Å². The maximum absolute atomic E-state index is 12.4. The summed E-state index contributed by atoms with van der Waals surface area (Å²) >= 11 is 7.41. The maximum Gasteiger partial charge on any atom is 0.273 e. The number of thiazole rings is 1. The molecule has 0 bridgehead atoms. The number of carbonyl (C=O) groups excluding carboxylic acids is 1.